The SMILES string of the molecule is Cc1cn(-c2cc3c(n4cnnc24)NCc2c(F)ccc4c2[C@@H](CO4)CO3)cn1. The molecule has 1 aromatic carbocycles. The lowest BCUT2D eigenvalue weighted by molar-refractivity contribution is 0.249. The van der Waals surface area contributed by atoms with E-state index in [0.717, 1.165) is 22.7 Å². The standard InChI is InChI=1S/C20H17FN6O2/c1-11-6-26(9-23-11)15-4-17-20(27-10-24-25-19(15)27)22-5-13-14(21)2-3-16-18(13)12(7-28-16)8-29-17/h2-4,6,9-10,12,22H,5,7-8H2,1H3/t12-/m0/s1. The Labute approximate surface area is 164 Å². The van der Waals surface area contributed by atoms with Crippen LogP contribution >= 0.6 is 0 Å². The van der Waals surface area contributed by atoms with E-state index >= 15 is 0 Å². The third-order valence-electron chi connectivity index (χ3n) is 5.49. The van der Waals surface area contributed by atoms with Crippen LogP contribution < -0.4 is 14.8 Å². The zero-order valence-corrected chi connectivity index (χ0v) is 15.6. The molecule has 6 rings (SSSR count). The first kappa shape index (κ1) is 16.3. The van der Waals surface area contributed by atoms with Crippen LogP contribution in [0.3, 0.4) is 0 Å². The van der Waals surface area contributed by atoms with Crippen LogP contribution in [0, 0.1) is 12.7 Å². The van der Waals surface area contributed by atoms with Crippen LogP contribution in [0.15, 0.2) is 37.1 Å². The second-order valence-electron chi connectivity index (χ2n) is 7.30. The van der Waals surface area contributed by atoms with Gasteiger partial charge in [-0.1, -0.05) is 0 Å². The summed E-state index contributed by atoms with van der Waals surface area (Å²) in [6.45, 7) is 3.09. The third-order valence-corrected chi connectivity index (χ3v) is 5.49. The molecule has 0 fully saturated rings. The lowest BCUT2D eigenvalue weighted by Crippen LogP contribution is -2.13. The van der Waals surface area contributed by atoms with Gasteiger partial charge in [0, 0.05) is 29.9 Å². The van der Waals surface area contributed by atoms with Crippen LogP contribution in [-0.4, -0.2) is 37.4 Å². The number of benzene rings is 1. The van der Waals surface area contributed by atoms with Gasteiger partial charge >= 0.3 is 0 Å². The van der Waals surface area contributed by atoms with Crippen LogP contribution in [0.2, 0.25) is 0 Å². The fourth-order valence-electron chi connectivity index (χ4n) is 4.11. The number of anilines is 1. The van der Waals surface area contributed by atoms with E-state index in [-0.39, 0.29) is 11.7 Å². The van der Waals surface area contributed by atoms with Gasteiger partial charge in [0.05, 0.1) is 36.8 Å². The molecule has 0 saturated heterocycles. The number of ether oxygens (including phenoxy) is 2. The molecule has 5 heterocycles. The quantitative estimate of drug-likeness (QED) is 0.537. The molecule has 0 unspecified atom stereocenters. The summed E-state index contributed by atoms with van der Waals surface area (Å²) in [4.78, 5) is 4.30. The number of nitrogens with zero attached hydrogens (tertiary/aromatic N) is 5. The smallest absolute Gasteiger partial charge is 0.186 e. The van der Waals surface area contributed by atoms with Gasteiger partial charge in [-0.25, -0.2) is 9.37 Å². The number of aryl methyl sites for hydroxylation is 1. The zero-order chi connectivity index (χ0) is 19.5. The van der Waals surface area contributed by atoms with Crippen molar-refractivity contribution in [1.82, 2.24) is 24.1 Å². The fraction of sp³-hybridized carbons (Fsp3) is 0.250. The summed E-state index contributed by atoms with van der Waals surface area (Å²) in [6, 6.07) is 5.06. The van der Waals surface area contributed by atoms with Crippen LogP contribution in [0.25, 0.3) is 11.3 Å². The zero-order valence-electron chi connectivity index (χ0n) is 15.6. The van der Waals surface area contributed by atoms with Crippen LogP contribution in [0.5, 0.6) is 11.5 Å². The van der Waals surface area contributed by atoms with Gasteiger partial charge in [0.15, 0.2) is 17.2 Å². The fourth-order valence-corrected chi connectivity index (χ4v) is 4.11. The summed E-state index contributed by atoms with van der Waals surface area (Å²) in [5, 5.41) is 11.7. The van der Waals surface area contributed by atoms with Crippen molar-refractivity contribution in [3.05, 3.63) is 59.7 Å². The molecule has 1 N–H and O–H groups in total. The Balaban J connectivity index is 1.52. The Morgan fingerprint density at radius 1 is 1.17 bits per heavy atom. The van der Waals surface area contributed by atoms with E-state index in [1.54, 1.807) is 18.7 Å². The van der Waals surface area contributed by atoms with Crippen LogP contribution in [0.4, 0.5) is 10.2 Å². The van der Waals surface area contributed by atoms with Crippen LogP contribution in [-0.2, 0) is 6.54 Å². The third kappa shape index (κ3) is 2.40. The van der Waals surface area contributed by atoms with E-state index in [0.29, 0.717) is 42.5 Å². The molecule has 0 aliphatic carbocycles. The highest BCUT2D eigenvalue weighted by Crippen LogP contribution is 2.41. The summed E-state index contributed by atoms with van der Waals surface area (Å²) < 4.78 is 30.3. The van der Waals surface area contributed by atoms with E-state index in [1.807, 2.05) is 28.2 Å². The van der Waals surface area contributed by atoms with Crippen molar-refractivity contribution >= 4 is 11.5 Å². The Bertz CT molecular complexity index is 1260. The van der Waals surface area contributed by atoms with E-state index in [4.69, 9.17) is 9.47 Å². The van der Waals surface area contributed by atoms with E-state index in [1.165, 1.54) is 6.07 Å². The van der Waals surface area contributed by atoms with Crippen molar-refractivity contribution in [1.29, 1.82) is 0 Å². The van der Waals surface area contributed by atoms with Gasteiger partial charge < -0.3 is 19.4 Å². The molecule has 8 nitrogen and oxygen atoms in total. The monoisotopic (exact) mass is 392 g/mol. The van der Waals surface area contributed by atoms with Crippen molar-refractivity contribution in [2.75, 3.05) is 18.5 Å². The number of nitrogens with one attached hydrogen (secondary N) is 1. The predicted octanol–water partition coefficient (Wildman–Crippen LogP) is 2.84. The Kier molecular flexibility index (Phi) is 3.35. The largest absolute Gasteiger partial charge is 0.493 e. The molecular weight excluding hydrogens is 375 g/mol. The number of pyridine rings is 1. The highest BCUT2D eigenvalue weighted by atomic mass is 19.1. The molecule has 146 valence electrons. The van der Waals surface area contributed by atoms with Gasteiger partial charge in [-0.3, -0.25) is 4.40 Å². The number of imidazole rings is 1. The van der Waals surface area contributed by atoms with Gasteiger partial charge in [0.25, 0.3) is 0 Å². The average molecular weight is 392 g/mol. The summed E-state index contributed by atoms with van der Waals surface area (Å²) >= 11 is 0. The minimum atomic E-state index is -0.249. The summed E-state index contributed by atoms with van der Waals surface area (Å²) in [5.74, 6) is 1.77. The lowest BCUT2D eigenvalue weighted by Gasteiger charge is -2.16. The van der Waals surface area contributed by atoms with E-state index in [9.17, 15) is 4.39 Å². The molecule has 0 amide bonds. The second-order valence-corrected chi connectivity index (χ2v) is 7.30. The lowest BCUT2D eigenvalue weighted by atomic mass is 9.96. The van der Waals surface area contributed by atoms with Crippen LogP contribution in [0.1, 0.15) is 22.7 Å². The molecule has 29 heavy (non-hydrogen) atoms. The van der Waals surface area contributed by atoms with Gasteiger partial charge in [-0.2, -0.15) is 0 Å². The molecule has 0 spiro atoms. The highest BCUT2D eigenvalue weighted by molar-refractivity contribution is 5.70. The number of rotatable bonds is 1. The first-order valence-corrected chi connectivity index (χ1v) is 9.37. The molecule has 0 saturated carbocycles. The van der Waals surface area contributed by atoms with Crippen molar-refractivity contribution in [3.8, 4) is 17.2 Å². The normalized spacial score (nSPS) is 17.4. The molecule has 0 radical (unpaired) electrons. The molecule has 9 heteroatoms. The van der Waals surface area contributed by atoms with Gasteiger partial charge in [-0.15, -0.1) is 10.2 Å². The van der Waals surface area contributed by atoms with Gasteiger partial charge in [0.1, 0.15) is 17.9 Å². The minimum Gasteiger partial charge on any atom is -0.493 e. The second kappa shape index (κ2) is 5.94. The van der Waals surface area contributed by atoms with Crippen molar-refractivity contribution < 1.29 is 13.9 Å². The number of hydrogen-bond donors (Lipinski definition) is 1. The van der Waals surface area contributed by atoms with Crippen molar-refractivity contribution in [2.45, 2.75) is 19.4 Å². The summed E-state index contributed by atoms with van der Waals surface area (Å²) in [7, 11) is 0. The molecule has 3 aromatic heterocycles. The van der Waals surface area contributed by atoms with Crippen molar-refractivity contribution in [3.63, 3.8) is 0 Å². The van der Waals surface area contributed by atoms with Crippen molar-refractivity contribution in [2.24, 2.45) is 0 Å². The summed E-state index contributed by atoms with van der Waals surface area (Å²) in [6.07, 6.45) is 5.27. The minimum absolute atomic E-state index is 0.0287. The molecule has 2 aliphatic heterocycles. The molecular formula is C20H17FN6O2. The summed E-state index contributed by atoms with van der Waals surface area (Å²) in [5.41, 5.74) is 3.84. The molecule has 1 atom stereocenters. The number of hydrogen-bond acceptors (Lipinski definition) is 6. The molecule has 4 aromatic rings. The maximum absolute atomic E-state index is 14.6. The van der Waals surface area contributed by atoms with E-state index < -0.39 is 0 Å². The highest BCUT2D eigenvalue weighted by Gasteiger charge is 2.31. The van der Waals surface area contributed by atoms with Gasteiger partial charge in [-0.05, 0) is 19.1 Å². The number of aromatic nitrogens is 5. The Morgan fingerprint density at radius 3 is 2.86 bits per heavy atom. The number of fused-ring (bicyclic) bond motifs is 3. The van der Waals surface area contributed by atoms with E-state index in [2.05, 4.69) is 20.5 Å². The maximum Gasteiger partial charge on any atom is 0.186 e. The first-order valence-electron chi connectivity index (χ1n) is 9.37. The predicted molar refractivity (Wildman–Crippen MR) is 102 cm³/mol. The van der Waals surface area contributed by atoms with Gasteiger partial charge in [0.2, 0.25) is 0 Å². The number of halogens is 1. The topological polar surface area (TPSA) is 78.5 Å². The molecule has 0 bridgehead atoms. The average Bonchev–Trinajstić information content (AvgIpc) is 3.45. The maximum atomic E-state index is 14.6. The Hall–Kier alpha value is -3.62. The molecule has 2 aliphatic rings. The Morgan fingerprint density at radius 2 is 2.03 bits per heavy atom. The first-order chi connectivity index (χ1) is 14.2.